The van der Waals surface area contributed by atoms with Crippen LogP contribution in [0.3, 0.4) is 0 Å². The van der Waals surface area contributed by atoms with Crippen molar-refractivity contribution in [1.82, 2.24) is 15.5 Å². The van der Waals surface area contributed by atoms with E-state index in [1.807, 2.05) is 0 Å². The van der Waals surface area contributed by atoms with Gasteiger partial charge in [0.05, 0.1) is 0 Å². The molecule has 100 valence electrons. The van der Waals surface area contributed by atoms with Gasteiger partial charge in [0, 0.05) is 13.5 Å². The van der Waals surface area contributed by atoms with E-state index >= 15 is 0 Å². The van der Waals surface area contributed by atoms with E-state index in [9.17, 15) is 0 Å². The zero-order chi connectivity index (χ0) is 12.4. The van der Waals surface area contributed by atoms with Crippen LogP contribution in [0.4, 0.5) is 0 Å². The predicted molar refractivity (Wildman–Crippen MR) is 66.1 cm³/mol. The molecule has 2 fully saturated rings. The molecule has 1 unspecified atom stereocenters. The lowest BCUT2D eigenvalue weighted by Crippen LogP contribution is -2.26. The van der Waals surface area contributed by atoms with Gasteiger partial charge in [0.2, 0.25) is 11.7 Å². The number of aromatic nitrogens is 2. The Morgan fingerprint density at radius 1 is 1.44 bits per heavy atom. The van der Waals surface area contributed by atoms with Crippen LogP contribution in [-0.2, 0) is 16.8 Å². The van der Waals surface area contributed by atoms with E-state index in [1.165, 1.54) is 19.3 Å². The second kappa shape index (κ2) is 4.97. The fourth-order valence-corrected chi connectivity index (χ4v) is 3.12. The van der Waals surface area contributed by atoms with Gasteiger partial charge in [-0.05, 0) is 51.1 Å². The van der Waals surface area contributed by atoms with Gasteiger partial charge in [-0.3, -0.25) is 0 Å². The van der Waals surface area contributed by atoms with Crippen molar-refractivity contribution in [3.8, 4) is 0 Å². The number of nitrogens with one attached hydrogen (secondary N) is 1. The SMILES string of the molecule is COC1(c2noc(CC3CCNC3)n2)CCCC1. The Morgan fingerprint density at radius 2 is 2.28 bits per heavy atom. The molecule has 1 atom stereocenters. The highest BCUT2D eigenvalue weighted by molar-refractivity contribution is 5.04. The van der Waals surface area contributed by atoms with E-state index in [0.29, 0.717) is 5.92 Å². The minimum Gasteiger partial charge on any atom is -0.370 e. The molecule has 0 amide bonds. The van der Waals surface area contributed by atoms with E-state index in [4.69, 9.17) is 9.26 Å². The van der Waals surface area contributed by atoms with Crippen molar-refractivity contribution >= 4 is 0 Å². The number of methoxy groups -OCH3 is 1. The Morgan fingerprint density at radius 3 is 2.94 bits per heavy atom. The number of rotatable bonds is 4. The summed E-state index contributed by atoms with van der Waals surface area (Å²) < 4.78 is 11.1. The fourth-order valence-electron chi connectivity index (χ4n) is 3.12. The fraction of sp³-hybridized carbons (Fsp3) is 0.846. The van der Waals surface area contributed by atoms with E-state index in [1.54, 1.807) is 7.11 Å². The van der Waals surface area contributed by atoms with Gasteiger partial charge in [0.25, 0.3) is 0 Å². The molecule has 2 aliphatic rings. The van der Waals surface area contributed by atoms with Crippen LogP contribution < -0.4 is 5.32 Å². The molecule has 1 aliphatic heterocycles. The number of hydrogen-bond acceptors (Lipinski definition) is 5. The maximum atomic E-state index is 5.67. The zero-order valence-electron chi connectivity index (χ0n) is 10.9. The lowest BCUT2D eigenvalue weighted by atomic mass is 10.0. The van der Waals surface area contributed by atoms with Crippen molar-refractivity contribution in [3.05, 3.63) is 11.7 Å². The van der Waals surface area contributed by atoms with Gasteiger partial charge in [-0.25, -0.2) is 0 Å². The quantitative estimate of drug-likeness (QED) is 0.881. The smallest absolute Gasteiger partial charge is 0.227 e. The van der Waals surface area contributed by atoms with Gasteiger partial charge in [-0.1, -0.05) is 5.16 Å². The van der Waals surface area contributed by atoms with Gasteiger partial charge in [0.15, 0.2) is 0 Å². The van der Waals surface area contributed by atoms with Crippen molar-refractivity contribution in [1.29, 1.82) is 0 Å². The van der Waals surface area contributed by atoms with Crippen molar-refractivity contribution in [2.24, 2.45) is 5.92 Å². The lowest BCUT2D eigenvalue weighted by molar-refractivity contribution is -0.0178. The second-order valence-electron chi connectivity index (χ2n) is 5.48. The molecule has 1 aromatic heterocycles. The van der Waals surface area contributed by atoms with Crippen LogP contribution in [0, 0.1) is 5.92 Å². The summed E-state index contributed by atoms with van der Waals surface area (Å²) in [6.07, 6.45) is 6.47. The molecule has 0 radical (unpaired) electrons. The van der Waals surface area contributed by atoms with Crippen LogP contribution in [0.25, 0.3) is 0 Å². The van der Waals surface area contributed by atoms with Gasteiger partial charge in [0.1, 0.15) is 5.60 Å². The molecule has 1 aliphatic carbocycles. The summed E-state index contributed by atoms with van der Waals surface area (Å²) in [7, 11) is 1.75. The molecule has 1 saturated carbocycles. The van der Waals surface area contributed by atoms with Crippen molar-refractivity contribution in [2.75, 3.05) is 20.2 Å². The third kappa shape index (κ3) is 2.17. The van der Waals surface area contributed by atoms with E-state index in [2.05, 4.69) is 15.5 Å². The monoisotopic (exact) mass is 251 g/mol. The number of hydrogen-bond donors (Lipinski definition) is 1. The summed E-state index contributed by atoms with van der Waals surface area (Å²) in [6, 6.07) is 0. The molecular weight excluding hydrogens is 230 g/mol. The highest BCUT2D eigenvalue weighted by atomic mass is 16.5. The summed E-state index contributed by atoms with van der Waals surface area (Å²) in [5, 5.41) is 7.51. The first kappa shape index (κ1) is 12.1. The van der Waals surface area contributed by atoms with E-state index < -0.39 is 0 Å². The van der Waals surface area contributed by atoms with Crippen LogP contribution in [0.15, 0.2) is 4.52 Å². The molecule has 5 nitrogen and oxygen atoms in total. The van der Waals surface area contributed by atoms with Crippen molar-refractivity contribution < 1.29 is 9.26 Å². The minimum absolute atomic E-state index is 0.282. The second-order valence-corrected chi connectivity index (χ2v) is 5.48. The molecule has 1 saturated heterocycles. The molecule has 5 heteroatoms. The third-order valence-electron chi connectivity index (χ3n) is 4.30. The zero-order valence-corrected chi connectivity index (χ0v) is 10.9. The molecule has 18 heavy (non-hydrogen) atoms. The van der Waals surface area contributed by atoms with Crippen molar-refractivity contribution in [3.63, 3.8) is 0 Å². The molecule has 2 heterocycles. The Balaban J connectivity index is 1.71. The summed E-state index contributed by atoms with van der Waals surface area (Å²) >= 11 is 0. The third-order valence-corrected chi connectivity index (χ3v) is 4.30. The highest BCUT2D eigenvalue weighted by Crippen LogP contribution is 2.40. The topological polar surface area (TPSA) is 60.2 Å². The standard InChI is InChI=1S/C13H21N3O2/c1-17-13(5-2-3-6-13)12-15-11(18-16-12)8-10-4-7-14-9-10/h10,14H,2-9H2,1H3. The normalized spacial score (nSPS) is 26.8. The van der Waals surface area contributed by atoms with Crippen LogP contribution >= 0.6 is 0 Å². The Bertz CT molecular complexity index is 393. The largest absolute Gasteiger partial charge is 0.370 e. The average Bonchev–Trinajstić information content (AvgIpc) is 3.10. The molecule has 0 aromatic carbocycles. The number of ether oxygens (including phenoxy) is 1. The molecule has 1 N–H and O–H groups in total. The van der Waals surface area contributed by atoms with Gasteiger partial charge in [-0.15, -0.1) is 0 Å². The van der Waals surface area contributed by atoms with Gasteiger partial charge < -0.3 is 14.6 Å². The first-order valence-electron chi connectivity index (χ1n) is 6.91. The minimum atomic E-state index is -0.282. The highest BCUT2D eigenvalue weighted by Gasteiger charge is 2.40. The molecule has 1 aromatic rings. The average molecular weight is 251 g/mol. The summed E-state index contributed by atoms with van der Waals surface area (Å²) in [4.78, 5) is 4.57. The molecule has 3 rings (SSSR count). The van der Waals surface area contributed by atoms with E-state index in [0.717, 1.165) is 44.1 Å². The van der Waals surface area contributed by atoms with Crippen LogP contribution in [0.5, 0.6) is 0 Å². The van der Waals surface area contributed by atoms with Gasteiger partial charge in [-0.2, -0.15) is 4.98 Å². The van der Waals surface area contributed by atoms with Gasteiger partial charge >= 0.3 is 0 Å². The predicted octanol–water partition coefficient (Wildman–Crippen LogP) is 1.64. The Hall–Kier alpha value is -0.940. The first-order valence-corrected chi connectivity index (χ1v) is 6.91. The summed E-state index contributed by atoms with van der Waals surface area (Å²) in [6.45, 7) is 2.17. The number of nitrogens with zero attached hydrogens (tertiary/aromatic N) is 2. The summed E-state index contributed by atoms with van der Waals surface area (Å²) in [5.41, 5.74) is -0.282. The Labute approximate surface area is 107 Å². The van der Waals surface area contributed by atoms with Crippen LogP contribution in [0.2, 0.25) is 0 Å². The van der Waals surface area contributed by atoms with Crippen LogP contribution in [-0.4, -0.2) is 30.3 Å². The molecule has 0 spiro atoms. The lowest BCUT2D eigenvalue weighted by Gasteiger charge is -2.22. The van der Waals surface area contributed by atoms with Crippen LogP contribution in [0.1, 0.15) is 43.8 Å². The molecular formula is C13H21N3O2. The maximum absolute atomic E-state index is 5.67. The molecule has 0 bridgehead atoms. The van der Waals surface area contributed by atoms with Crippen molar-refractivity contribution in [2.45, 2.75) is 44.1 Å². The Kier molecular flexibility index (Phi) is 3.35. The first-order chi connectivity index (χ1) is 8.82. The maximum Gasteiger partial charge on any atom is 0.227 e. The van der Waals surface area contributed by atoms with E-state index in [-0.39, 0.29) is 5.60 Å². The summed E-state index contributed by atoms with van der Waals surface area (Å²) in [5.74, 6) is 2.16.